The monoisotopic (exact) mass is 346 g/mol. The normalized spacial score (nSPS) is 22.1. The van der Waals surface area contributed by atoms with Gasteiger partial charge in [0.25, 0.3) is 11.5 Å². The molecule has 1 aliphatic heterocycles. The van der Waals surface area contributed by atoms with Gasteiger partial charge in [-0.3, -0.25) is 29.8 Å². The molecule has 2 aromatic rings. The molecule has 2 aromatic heterocycles. The van der Waals surface area contributed by atoms with E-state index >= 15 is 0 Å². The molecule has 1 atom stereocenters. The zero-order chi connectivity index (χ0) is 17.4. The minimum atomic E-state index is -0.636. The zero-order valence-electron chi connectivity index (χ0n) is 13.9. The average molecular weight is 346 g/mol. The van der Waals surface area contributed by atoms with Gasteiger partial charge in [0.15, 0.2) is 0 Å². The van der Waals surface area contributed by atoms with Crippen molar-refractivity contribution in [1.82, 2.24) is 30.2 Å². The molecule has 1 saturated heterocycles. The number of aliphatic hydroxyl groups excluding tert-OH is 1. The molecular weight excluding hydrogens is 324 g/mol. The number of aromatic nitrogens is 4. The van der Waals surface area contributed by atoms with Gasteiger partial charge in [-0.1, -0.05) is 0 Å². The van der Waals surface area contributed by atoms with Crippen molar-refractivity contribution >= 4 is 5.91 Å². The fraction of sp³-hybridized carbons (Fsp3) is 0.562. The molecule has 9 heteroatoms. The van der Waals surface area contributed by atoms with Gasteiger partial charge in [0.05, 0.1) is 11.8 Å². The van der Waals surface area contributed by atoms with E-state index in [-0.39, 0.29) is 23.7 Å². The van der Waals surface area contributed by atoms with Gasteiger partial charge in [-0.25, -0.2) is 0 Å². The predicted octanol–water partition coefficient (Wildman–Crippen LogP) is -0.378. The summed E-state index contributed by atoms with van der Waals surface area (Å²) in [4.78, 5) is 27.3. The summed E-state index contributed by atoms with van der Waals surface area (Å²) in [6.07, 6.45) is 1.79. The summed E-state index contributed by atoms with van der Waals surface area (Å²) in [5.41, 5.74) is 2.03. The molecule has 0 bridgehead atoms. The number of H-pyrrole nitrogens is 3. The Morgan fingerprint density at radius 3 is 2.80 bits per heavy atom. The number of nitrogens with zero attached hydrogens (tertiary/aromatic N) is 3. The van der Waals surface area contributed by atoms with Crippen molar-refractivity contribution < 1.29 is 9.90 Å². The van der Waals surface area contributed by atoms with Crippen molar-refractivity contribution in [3.05, 3.63) is 39.6 Å². The molecule has 1 aliphatic carbocycles. The van der Waals surface area contributed by atoms with Crippen LogP contribution in [0.1, 0.15) is 40.6 Å². The van der Waals surface area contributed by atoms with Gasteiger partial charge in [-0.15, -0.1) is 0 Å². The second-order valence-corrected chi connectivity index (χ2v) is 6.90. The fourth-order valence-electron chi connectivity index (χ4n) is 3.29. The largest absolute Gasteiger partial charge is 0.390 e. The Hall–Kier alpha value is -2.39. The van der Waals surface area contributed by atoms with E-state index in [1.807, 2.05) is 0 Å². The molecule has 25 heavy (non-hydrogen) atoms. The number of β-amino-alcohol motifs (C(OH)–C–C–N with tert-alkyl or cyclic N) is 1. The van der Waals surface area contributed by atoms with Crippen molar-refractivity contribution in [2.24, 2.45) is 0 Å². The highest BCUT2D eigenvalue weighted by Crippen LogP contribution is 2.39. The van der Waals surface area contributed by atoms with Gasteiger partial charge in [-0.05, 0) is 18.9 Å². The number of hydrogen-bond donors (Lipinski definition) is 4. The number of aromatic amines is 3. The Balaban J connectivity index is 1.39. The lowest BCUT2D eigenvalue weighted by atomic mass is 10.2. The third-order valence-corrected chi connectivity index (χ3v) is 4.74. The van der Waals surface area contributed by atoms with Gasteiger partial charge in [-0.2, -0.15) is 5.10 Å². The summed E-state index contributed by atoms with van der Waals surface area (Å²) in [5, 5.41) is 22.6. The third kappa shape index (κ3) is 3.67. The van der Waals surface area contributed by atoms with Crippen LogP contribution >= 0.6 is 0 Å². The van der Waals surface area contributed by atoms with Crippen LogP contribution < -0.4 is 5.56 Å². The number of carbonyl (C=O) groups excluding carboxylic acids is 1. The number of carbonyl (C=O) groups is 1. The molecule has 1 saturated carbocycles. The molecule has 2 fully saturated rings. The van der Waals surface area contributed by atoms with E-state index < -0.39 is 6.10 Å². The first-order chi connectivity index (χ1) is 12.1. The van der Waals surface area contributed by atoms with Gasteiger partial charge in [0.2, 0.25) is 0 Å². The standard InChI is InChI=1S/C16H22N6O3/c23-12-8-21(7-11-5-13(18-17-11)10-1-2-10)3-4-22(9-12)16(25)14-6-15(24)20-19-14/h5-6,10,12,23H,1-4,7-9H2,(H,17,18)(H2,19,20,24). The van der Waals surface area contributed by atoms with Crippen LogP contribution in [0.25, 0.3) is 0 Å². The van der Waals surface area contributed by atoms with Crippen molar-refractivity contribution in [3.8, 4) is 0 Å². The molecule has 0 spiro atoms. The summed E-state index contributed by atoms with van der Waals surface area (Å²) in [6, 6.07) is 3.34. The lowest BCUT2D eigenvalue weighted by molar-refractivity contribution is 0.0657. The van der Waals surface area contributed by atoms with Crippen LogP contribution in [0.15, 0.2) is 16.9 Å². The Labute approximate surface area is 144 Å². The minimum Gasteiger partial charge on any atom is -0.390 e. The molecule has 4 N–H and O–H groups in total. The predicted molar refractivity (Wildman–Crippen MR) is 89.2 cm³/mol. The van der Waals surface area contributed by atoms with Crippen LogP contribution in [0.5, 0.6) is 0 Å². The number of hydrogen-bond acceptors (Lipinski definition) is 5. The number of amides is 1. The van der Waals surface area contributed by atoms with Gasteiger partial charge < -0.3 is 10.0 Å². The zero-order valence-corrected chi connectivity index (χ0v) is 13.9. The lowest BCUT2D eigenvalue weighted by Crippen LogP contribution is -2.37. The third-order valence-electron chi connectivity index (χ3n) is 4.74. The first kappa shape index (κ1) is 16.1. The molecule has 9 nitrogen and oxygen atoms in total. The highest BCUT2D eigenvalue weighted by atomic mass is 16.3. The minimum absolute atomic E-state index is 0.216. The highest BCUT2D eigenvalue weighted by Gasteiger charge is 2.28. The molecular formula is C16H22N6O3. The van der Waals surface area contributed by atoms with Crippen molar-refractivity contribution in [2.75, 3.05) is 26.2 Å². The molecule has 1 amide bonds. The van der Waals surface area contributed by atoms with Crippen molar-refractivity contribution in [3.63, 3.8) is 0 Å². The molecule has 4 rings (SSSR count). The lowest BCUT2D eigenvalue weighted by Gasteiger charge is -2.20. The van der Waals surface area contributed by atoms with Gasteiger partial charge >= 0.3 is 0 Å². The van der Waals surface area contributed by atoms with E-state index in [2.05, 4.69) is 31.4 Å². The number of aliphatic hydroxyl groups is 1. The van der Waals surface area contributed by atoms with Crippen LogP contribution in [0, 0.1) is 0 Å². The molecule has 2 aliphatic rings. The first-order valence-electron chi connectivity index (χ1n) is 8.60. The van der Waals surface area contributed by atoms with Gasteiger partial charge in [0.1, 0.15) is 5.69 Å². The van der Waals surface area contributed by atoms with Crippen molar-refractivity contribution in [2.45, 2.75) is 31.4 Å². The summed E-state index contributed by atoms with van der Waals surface area (Å²) >= 11 is 0. The summed E-state index contributed by atoms with van der Waals surface area (Å²) in [5.74, 6) is 0.327. The molecule has 134 valence electrons. The van der Waals surface area contributed by atoms with Crippen LogP contribution in [0.3, 0.4) is 0 Å². The summed E-state index contributed by atoms with van der Waals surface area (Å²) in [6.45, 7) is 2.55. The highest BCUT2D eigenvalue weighted by molar-refractivity contribution is 5.92. The molecule has 3 heterocycles. The molecule has 1 unspecified atom stereocenters. The SMILES string of the molecule is O=C(c1cc(=O)[nH][nH]1)N1CCN(Cc2cc(C3CC3)n[nH]2)CC(O)C1. The number of nitrogens with one attached hydrogen (secondary N) is 3. The topological polar surface area (TPSA) is 121 Å². The maximum atomic E-state index is 12.5. The average Bonchev–Trinajstić information content (AvgIpc) is 3.23. The maximum Gasteiger partial charge on any atom is 0.272 e. The maximum absolute atomic E-state index is 12.5. The second kappa shape index (κ2) is 6.49. The fourth-order valence-corrected chi connectivity index (χ4v) is 3.29. The van der Waals surface area contributed by atoms with E-state index in [4.69, 9.17) is 0 Å². The number of rotatable bonds is 4. The Morgan fingerprint density at radius 1 is 1.24 bits per heavy atom. The van der Waals surface area contributed by atoms with Gasteiger partial charge in [0, 0.05) is 50.4 Å². The van der Waals surface area contributed by atoms with E-state index in [0.29, 0.717) is 32.1 Å². The van der Waals surface area contributed by atoms with Crippen LogP contribution in [-0.4, -0.2) is 73.5 Å². The Morgan fingerprint density at radius 2 is 2.08 bits per heavy atom. The first-order valence-corrected chi connectivity index (χ1v) is 8.60. The molecule has 0 radical (unpaired) electrons. The Kier molecular flexibility index (Phi) is 4.18. The Bertz CT molecular complexity index is 805. The van der Waals surface area contributed by atoms with E-state index in [1.165, 1.54) is 18.9 Å². The van der Waals surface area contributed by atoms with E-state index in [0.717, 1.165) is 11.4 Å². The smallest absolute Gasteiger partial charge is 0.272 e. The van der Waals surface area contributed by atoms with Crippen LogP contribution in [0.4, 0.5) is 0 Å². The van der Waals surface area contributed by atoms with Crippen LogP contribution in [-0.2, 0) is 6.54 Å². The summed E-state index contributed by atoms with van der Waals surface area (Å²) in [7, 11) is 0. The van der Waals surface area contributed by atoms with E-state index in [1.54, 1.807) is 4.90 Å². The second-order valence-electron chi connectivity index (χ2n) is 6.90. The molecule has 0 aromatic carbocycles. The van der Waals surface area contributed by atoms with Crippen LogP contribution in [0.2, 0.25) is 0 Å². The quantitative estimate of drug-likeness (QED) is 0.601. The van der Waals surface area contributed by atoms with Crippen molar-refractivity contribution in [1.29, 1.82) is 0 Å². The summed E-state index contributed by atoms with van der Waals surface area (Å²) < 4.78 is 0. The van der Waals surface area contributed by atoms with E-state index in [9.17, 15) is 14.7 Å².